The number of aliphatic hydroxyl groups excluding tert-OH is 2. The number of ether oxygens (including phenoxy) is 1. The summed E-state index contributed by atoms with van der Waals surface area (Å²) < 4.78 is 4.78. The summed E-state index contributed by atoms with van der Waals surface area (Å²) in [6, 6.07) is 0. The first-order valence-electron chi connectivity index (χ1n) is 6.30. The molecule has 17 heavy (non-hydrogen) atoms. The van der Waals surface area contributed by atoms with Gasteiger partial charge in [-0.25, -0.2) is 0 Å². The molecule has 0 radical (unpaired) electrons. The van der Waals surface area contributed by atoms with Gasteiger partial charge in [0.15, 0.2) is 0 Å². The monoisotopic (exact) mass is 244 g/mol. The Kier molecular flexibility index (Phi) is 11.0. The molecule has 2 N–H and O–H groups in total. The lowest BCUT2D eigenvalue weighted by Gasteiger charge is -2.08. The maximum absolute atomic E-state index is 11.2. The second-order valence-corrected chi connectivity index (χ2v) is 4.00. The lowest BCUT2D eigenvalue weighted by Crippen LogP contribution is -2.21. The molecule has 0 bridgehead atoms. The molecule has 100 valence electrons. The van der Waals surface area contributed by atoms with Gasteiger partial charge < -0.3 is 14.9 Å². The molecule has 4 nitrogen and oxygen atoms in total. The van der Waals surface area contributed by atoms with Crippen molar-refractivity contribution >= 4 is 5.97 Å². The van der Waals surface area contributed by atoms with Crippen molar-refractivity contribution < 1.29 is 19.7 Å². The Balaban J connectivity index is 3.30. The number of unbranched alkanes of at least 4 members (excludes halogenated alkanes) is 3. The van der Waals surface area contributed by atoms with E-state index in [0.29, 0.717) is 6.42 Å². The Labute approximate surface area is 103 Å². The molecule has 0 rings (SSSR count). The van der Waals surface area contributed by atoms with E-state index in [1.807, 2.05) is 0 Å². The minimum absolute atomic E-state index is 0.116. The van der Waals surface area contributed by atoms with Crippen molar-refractivity contribution in [2.45, 2.75) is 51.6 Å². The van der Waals surface area contributed by atoms with Gasteiger partial charge in [0.1, 0.15) is 12.7 Å². The number of hydrogen-bond donors (Lipinski definition) is 2. The van der Waals surface area contributed by atoms with E-state index in [1.54, 1.807) is 0 Å². The topological polar surface area (TPSA) is 66.8 Å². The second kappa shape index (κ2) is 11.6. The van der Waals surface area contributed by atoms with Crippen LogP contribution in [0.5, 0.6) is 0 Å². The van der Waals surface area contributed by atoms with Crippen molar-refractivity contribution in [3.63, 3.8) is 0 Å². The van der Waals surface area contributed by atoms with Crippen LogP contribution in [0.1, 0.15) is 45.4 Å². The van der Waals surface area contributed by atoms with Crippen LogP contribution in [0.15, 0.2) is 12.2 Å². The zero-order valence-corrected chi connectivity index (χ0v) is 10.6. The van der Waals surface area contributed by atoms with Gasteiger partial charge in [0.2, 0.25) is 0 Å². The van der Waals surface area contributed by atoms with E-state index in [9.17, 15) is 4.79 Å². The van der Waals surface area contributed by atoms with Gasteiger partial charge in [-0.2, -0.15) is 0 Å². The van der Waals surface area contributed by atoms with E-state index in [0.717, 1.165) is 32.1 Å². The van der Waals surface area contributed by atoms with Crippen molar-refractivity contribution in [2.75, 3.05) is 13.2 Å². The third-order valence-electron chi connectivity index (χ3n) is 2.30. The zero-order valence-electron chi connectivity index (χ0n) is 10.6. The highest BCUT2D eigenvalue weighted by molar-refractivity contribution is 5.69. The van der Waals surface area contributed by atoms with Crippen LogP contribution in [0.2, 0.25) is 0 Å². The van der Waals surface area contributed by atoms with Gasteiger partial charge in [0.05, 0.1) is 6.61 Å². The number of rotatable bonds is 10. The third-order valence-corrected chi connectivity index (χ3v) is 2.30. The number of carbonyl (C=O) groups is 1. The van der Waals surface area contributed by atoms with Gasteiger partial charge in [-0.05, 0) is 25.7 Å². The minimum Gasteiger partial charge on any atom is -0.463 e. The maximum Gasteiger partial charge on any atom is 0.305 e. The van der Waals surface area contributed by atoms with E-state index in [2.05, 4.69) is 19.1 Å². The Morgan fingerprint density at radius 1 is 1.29 bits per heavy atom. The molecule has 4 heteroatoms. The highest BCUT2D eigenvalue weighted by Gasteiger charge is 2.06. The summed E-state index contributed by atoms with van der Waals surface area (Å²) in [5, 5.41) is 17.5. The number of esters is 1. The van der Waals surface area contributed by atoms with Crippen molar-refractivity contribution in [2.24, 2.45) is 0 Å². The zero-order chi connectivity index (χ0) is 12.9. The molecule has 0 aliphatic rings. The third kappa shape index (κ3) is 11.4. The minimum atomic E-state index is -0.960. The fourth-order valence-electron chi connectivity index (χ4n) is 1.31. The van der Waals surface area contributed by atoms with Gasteiger partial charge in [0.25, 0.3) is 0 Å². The molecule has 0 aliphatic heterocycles. The number of allylic oxidation sites excluding steroid dienone is 2. The Hall–Kier alpha value is -0.870. The SMILES string of the molecule is CC/C=C/CCCCCC(=O)OC[C@H](O)CO. The summed E-state index contributed by atoms with van der Waals surface area (Å²) in [5.74, 6) is -0.304. The first kappa shape index (κ1) is 16.1. The van der Waals surface area contributed by atoms with Crippen molar-refractivity contribution in [3.05, 3.63) is 12.2 Å². The van der Waals surface area contributed by atoms with Crippen LogP contribution >= 0.6 is 0 Å². The largest absolute Gasteiger partial charge is 0.463 e. The van der Waals surface area contributed by atoms with Gasteiger partial charge in [-0.3, -0.25) is 4.79 Å². The molecule has 0 saturated heterocycles. The highest BCUT2D eigenvalue weighted by atomic mass is 16.5. The second-order valence-electron chi connectivity index (χ2n) is 4.00. The fraction of sp³-hybridized carbons (Fsp3) is 0.769. The standard InChI is InChI=1S/C13H24O4/c1-2-3-4-5-6-7-8-9-13(16)17-11-12(15)10-14/h3-4,12,14-15H,2,5-11H2,1H3/b4-3+/t12-/m1/s1. The normalized spacial score (nSPS) is 12.9. The summed E-state index contributed by atoms with van der Waals surface area (Å²) >= 11 is 0. The van der Waals surface area contributed by atoms with Crippen LogP contribution in [-0.4, -0.2) is 35.5 Å². The maximum atomic E-state index is 11.2. The van der Waals surface area contributed by atoms with Gasteiger partial charge >= 0.3 is 5.97 Å². The van der Waals surface area contributed by atoms with Crippen LogP contribution in [0.4, 0.5) is 0 Å². The van der Waals surface area contributed by atoms with E-state index >= 15 is 0 Å². The first-order chi connectivity index (χ1) is 8.20. The molecule has 0 spiro atoms. The lowest BCUT2D eigenvalue weighted by molar-refractivity contribution is -0.147. The fourth-order valence-corrected chi connectivity index (χ4v) is 1.31. The Morgan fingerprint density at radius 2 is 2.06 bits per heavy atom. The van der Waals surface area contributed by atoms with E-state index in [-0.39, 0.29) is 19.2 Å². The number of hydrogen-bond acceptors (Lipinski definition) is 4. The average molecular weight is 244 g/mol. The summed E-state index contributed by atoms with van der Waals surface area (Å²) in [6.07, 6.45) is 8.77. The van der Waals surface area contributed by atoms with Gasteiger partial charge in [0, 0.05) is 6.42 Å². The molecular formula is C13H24O4. The summed E-state index contributed by atoms with van der Waals surface area (Å²) in [6.45, 7) is 1.61. The summed E-state index contributed by atoms with van der Waals surface area (Å²) in [4.78, 5) is 11.2. The molecule has 0 aromatic heterocycles. The first-order valence-corrected chi connectivity index (χ1v) is 6.30. The van der Waals surface area contributed by atoms with Crippen molar-refractivity contribution in [1.29, 1.82) is 0 Å². The van der Waals surface area contributed by atoms with Crippen LogP contribution in [0, 0.1) is 0 Å². The number of aliphatic hydroxyl groups is 2. The van der Waals surface area contributed by atoms with Crippen LogP contribution in [-0.2, 0) is 9.53 Å². The summed E-state index contributed by atoms with van der Waals surface area (Å²) in [5.41, 5.74) is 0. The molecule has 0 fully saturated rings. The Bertz CT molecular complexity index is 213. The van der Waals surface area contributed by atoms with Crippen LogP contribution < -0.4 is 0 Å². The molecule has 0 aromatic rings. The molecule has 0 aliphatic carbocycles. The van der Waals surface area contributed by atoms with Gasteiger partial charge in [-0.15, -0.1) is 0 Å². The molecule has 0 unspecified atom stereocenters. The molecule has 1 atom stereocenters. The molecule has 0 saturated carbocycles. The molecule has 0 heterocycles. The van der Waals surface area contributed by atoms with Crippen molar-refractivity contribution in [3.8, 4) is 0 Å². The average Bonchev–Trinajstić information content (AvgIpc) is 2.34. The van der Waals surface area contributed by atoms with Crippen LogP contribution in [0.25, 0.3) is 0 Å². The van der Waals surface area contributed by atoms with Crippen molar-refractivity contribution in [1.82, 2.24) is 0 Å². The summed E-state index contributed by atoms with van der Waals surface area (Å²) in [7, 11) is 0. The van der Waals surface area contributed by atoms with Crippen LogP contribution in [0.3, 0.4) is 0 Å². The highest BCUT2D eigenvalue weighted by Crippen LogP contribution is 2.05. The quantitative estimate of drug-likeness (QED) is 0.349. The van der Waals surface area contributed by atoms with Gasteiger partial charge in [-0.1, -0.05) is 25.5 Å². The van der Waals surface area contributed by atoms with E-state index in [1.165, 1.54) is 0 Å². The molecule has 0 aromatic carbocycles. The smallest absolute Gasteiger partial charge is 0.305 e. The lowest BCUT2D eigenvalue weighted by atomic mass is 10.1. The molecular weight excluding hydrogens is 220 g/mol. The van der Waals surface area contributed by atoms with E-state index in [4.69, 9.17) is 14.9 Å². The predicted octanol–water partition coefficient (Wildman–Crippen LogP) is 1.80. The predicted molar refractivity (Wildman–Crippen MR) is 66.6 cm³/mol. The Morgan fingerprint density at radius 3 is 2.71 bits per heavy atom. The van der Waals surface area contributed by atoms with E-state index < -0.39 is 6.10 Å². The number of carbonyl (C=O) groups excluding carboxylic acids is 1. The molecule has 0 amide bonds.